The van der Waals surface area contributed by atoms with Crippen LogP contribution in [0.2, 0.25) is 0 Å². The van der Waals surface area contributed by atoms with E-state index in [1.165, 1.54) is 32.1 Å². The quantitative estimate of drug-likeness (QED) is 0.0942. The number of thioether (sulfide) groups is 1. The van der Waals surface area contributed by atoms with Gasteiger partial charge in [-0.25, -0.2) is 0 Å². The van der Waals surface area contributed by atoms with E-state index < -0.39 is 29.9 Å². The highest BCUT2D eigenvalue weighted by Gasteiger charge is 2.48. The molecule has 5 rings (SSSR count). The first-order chi connectivity index (χ1) is 23.7. The first-order valence-electron chi connectivity index (χ1n) is 17.4. The highest BCUT2D eigenvalue weighted by Crippen LogP contribution is 2.38. The third kappa shape index (κ3) is 11.5. The van der Waals surface area contributed by atoms with E-state index in [1.54, 1.807) is 11.8 Å². The van der Waals surface area contributed by atoms with Gasteiger partial charge >= 0.3 is 0 Å². The molecule has 0 aromatic heterocycles. The molecule has 0 spiro atoms. The summed E-state index contributed by atoms with van der Waals surface area (Å²) >= 11 is 1.57. The van der Waals surface area contributed by atoms with Crippen molar-refractivity contribution in [1.29, 1.82) is 0 Å². The monoisotopic (exact) mass is 670 g/mol. The molecule has 1 N–H and O–H groups in total. The highest BCUT2D eigenvalue weighted by molar-refractivity contribution is 7.99. The van der Waals surface area contributed by atoms with Gasteiger partial charge in [0.15, 0.2) is 0 Å². The Bertz CT molecular complexity index is 1410. The Hall–Kier alpha value is -3.17. The first-order valence-corrected chi connectivity index (χ1v) is 18.2. The summed E-state index contributed by atoms with van der Waals surface area (Å²) in [6.07, 6.45) is 5.23. The number of hydrogen-bond donors (Lipinski definition) is 1. The van der Waals surface area contributed by atoms with Crippen LogP contribution in [0.25, 0.3) is 0 Å². The molecule has 1 aliphatic heterocycles. The molecule has 1 heterocycles. The van der Waals surface area contributed by atoms with E-state index in [9.17, 15) is 5.11 Å². The van der Waals surface area contributed by atoms with Crippen LogP contribution in [0.5, 0.6) is 5.75 Å². The molecule has 0 radical (unpaired) electrons. The molecule has 256 valence electrons. The van der Waals surface area contributed by atoms with Crippen molar-refractivity contribution in [2.75, 3.05) is 13.2 Å². The average Bonchev–Trinajstić information content (AvgIpc) is 3.14. The molecule has 7 heteroatoms. The van der Waals surface area contributed by atoms with Crippen molar-refractivity contribution in [1.82, 2.24) is 0 Å². The number of hydrogen-bond acceptors (Lipinski definition) is 7. The minimum absolute atomic E-state index is 0.210. The van der Waals surface area contributed by atoms with Crippen LogP contribution in [0.15, 0.2) is 120 Å². The molecule has 0 aliphatic carbocycles. The zero-order valence-corrected chi connectivity index (χ0v) is 28.8. The molecular weight excluding hydrogens is 621 g/mol. The topological polar surface area (TPSA) is 66.4 Å². The van der Waals surface area contributed by atoms with Crippen molar-refractivity contribution in [3.63, 3.8) is 0 Å². The Labute approximate surface area is 290 Å². The lowest BCUT2D eigenvalue weighted by Crippen LogP contribution is -2.60. The second kappa shape index (κ2) is 20.4. The van der Waals surface area contributed by atoms with Gasteiger partial charge in [0, 0.05) is 4.90 Å². The van der Waals surface area contributed by atoms with Gasteiger partial charge in [0.2, 0.25) is 0 Å². The minimum atomic E-state index is -0.608. The molecule has 48 heavy (non-hydrogen) atoms. The van der Waals surface area contributed by atoms with Gasteiger partial charge in [0.25, 0.3) is 0 Å². The van der Waals surface area contributed by atoms with E-state index in [2.05, 4.69) is 31.2 Å². The Kier molecular flexibility index (Phi) is 15.3. The van der Waals surface area contributed by atoms with Gasteiger partial charge in [0.1, 0.15) is 35.6 Å². The van der Waals surface area contributed by atoms with Crippen LogP contribution in [-0.4, -0.2) is 48.2 Å². The lowest BCUT2D eigenvalue weighted by atomic mass is 9.99. The number of rotatable bonds is 20. The fourth-order valence-corrected chi connectivity index (χ4v) is 6.94. The van der Waals surface area contributed by atoms with Crippen LogP contribution in [0.4, 0.5) is 0 Å². The van der Waals surface area contributed by atoms with E-state index in [1.807, 2.05) is 91.0 Å². The van der Waals surface area contributed by atoms with Gasteiger partial charge in [-0.05, 0) is 47.4 Å². The summed E-state index contributed by atoms with van der Waals surface area (Å²) in [5.74, 6) is 0.862. The predicted octanol–water partition coefficient (Wildman–Crippen LogP) is 8.99. The molecule has 1 fully saturated rings. The van der Waals surface area contributed by atoms with Crippen molar-refractivity contribution >= 4 is 11.8 Å². The molecule has 4 aromatic carbocycles. The average molecular weight is 671 g/mol. The van der Waals surface area contributed by atoms with Crippen molar-refractivity contribution in [3.05, 3.63) is 132 Å². The number of aliphatic hydroxyl groups is 1. The fourth-order valence-electron chi connectivity index (χ4n) is 5.81. The Morgan fingerprint density at radius 1 is 0.583 bits per heavy atom. The summed E-state index contributed by atoms with van der Waals surface area (Å²) in [6.45, 7) is 3.88. The maximum Gasteiger partial charge on any atom is 0.137 e. The second-order valence-electron chi connectivity index (χ2n) is 12.2. The largest absolute Gasteiger partial charge is 0.494 e. The molecule has 0 saturated carbocycles. The van der Waals surface area contributed by atoms with E-state index in [0.29, 0.717) is 19.8 Å². The maximum atomic E-state index is 10.6. The van der Waals surface area contributed by atoms with E-state index >= 15 is 0 Å². The molecule has 1 saturated heterocycles. The van der Waals surface area contributed by atoms with Crippen LogP contribution in [0, 0.1) is 0 Å². The Balaban J connectivity index is 1.33. The Morgan fingerprint density at radius 3 is 1.62 bits per heavy atom. The number of unbranched alkanes of at least 4 members (excludes halogenated alkanes) is 5. The van der Waals surface area contributed by atoms with Crippen LogP contribution >= 0.6 is 11.8 Å². The third-order valence-corrected chi connectivity index (χ3v) is 9.63. The van der Waals surface area contributed by atoms with E-state index in [-0.39, 0.29) is 6.61 Å². The van der Waals surface area contributed by atoms with Gasteiger partial charge in [-0.2, -0.15) is 0 Å². The predicted molar refractivity (Wildman–Crippen MR) is 192 cm³/mol. The summed E-state index contributed by atoms with van der Waals surface area (Å²) in [4.78, 5) is 1.02. The van der Waals surface area contributed by atoms with Crippen LogP contribution in [0.3, 0.4) is 0 Å². The highest BCUT2D eigenvalue weighted by atomic mass is 32.2. The summed E-state index contributed by atoms with van der Waals surface area (Å²) in [5.41, 5.74) is 2.68. The lowest BCUT2D eigenvalue weighted by molar-refractivity contribution is -0.251. The van der Waals surface area contributed by atoms with Crippen molar-refractivity contribution in [2.45, 2.75) is 100 Å². The van der Waals surface area contributed by atoms with Crippen LogP contribution < -0.4 is 4.74 Å². The third-order valence-electron chi connectivity index (χ3n) is 8.47. The first kappa shape index (κ1) is 36.1. The van der Waals surface area contributed by atoms with Crippen molar-refractivity contribution in [3.8, 4) is 5.75 Å². The standard InChI is InChI=1S/C41H50O6S/c1-2-3-4-5-6-16-27-43-35-23-25-36(26-24-35)48-41-40(46-31-34-21-14-9-15-22-34)39(45-30-33-19-12-8-13-20-33)38(37(28-42)47-41)44-29-32-17-10-7-11-18-32/h7-15,17-26,37-42H,2-6,16,27-31H2,1H3/t37-,38-,39+,40-,41+/m1/s1. The van der Waals surface area contributed by atoms with E-state index in [4.69, 9.17) is 23.7 Å². The van der Waals surface area contributed by atoms with Gasteiger partial charge in [-0.1, -0.05) is 142 Å². The number of ether oxygens (including phenoxy) is 5. The molecule has 0 bridgehead atoms. The summed E-state index contributed by atoms with van der Waals surface area (Å²) in [7, 11) is 0. The smallest absolute Gasteiger partial charge is 0.137 e. The number of aliphatic hydroxyl groups excluding tert-OH is 1. The van der Waals surface area contributed by atoms with Crippen LogP contribution in [-0.2, 0) is 38.8 Å². The molecule has 6 nitrogen and oxygen atoms in total. The zero-order valence-electron chi connectivity index (χ0n) is 28.0. The summed E-state index contributed by atoms with van der Waals surface area (Å²) in [6, 6.07) is 38.4. The van der Waals surface area contributed by atoms with Gasteiger partial charge in [-0.3, -0.25) is 0 Å². The minimum Gasteiger partial charge on any atom is -0.494 e. The van der Waals surface area contributed by atoms with Crippen molar-refractivity contribution < 1.29 is 28.8 Å². The zero-order chi connectivity index (χ0) is 33.2. The number of benzene rings is 4. The van der Waals surface area contributed by atoms with Gasteiger partial charge in [-0.15, -0.1) is 0 Å². The van der Waals surface area contributed by atoms with Gasteiger partial charge < -0.3 is 28.8 Å². The fraction of sp³-hybridized carbons (Fsp3) is 0.415. The molecule has 1 aliphatic rings. The SMILES string of the molecule is CCCCCCCCOc1ccc(S[C@@H]2O[C@H](CO)[C@@H](OCc3ccccc3)[C@H](OCc3ccccc3)[C@H]2OCc2ccccc2)cc1. The van der Waals surface area contributed by atoms with E-state index in [0.717, 1.165) is 40.4 Å². The molecule has 5 atom stereocenters. The maximum absolute atomic E-state index is 10.6. The summed E-state index contributed by atoms with van der Waals surface area (Å²) in [5, 5.41) is 10.6. The molecular formula is C41H50O6S. The lowest BCUT2D eigenvalue weighted by Gasteiger charge is -2.45. The molecule has 4 aromatic rings. The second-order valence-corrected chi connectivity index (χ2v) is 13.4. The van der Waals surface area contributed by atoms with Gasteiger partial charge in [0.05, 0.1) is 33.0 Å². The molecule has 0 amide bonds. The van der Waals surface area contributed by atoms with Crippen LogP contribution in [0.1, 0.15) is 62.1 Å². The molecule has 0 unspecified atom stereocenters. The Morgan fingerprint density at radius 2 is 1.08 bits per heavy atom. The van der Waals surface area contributed by atoms with Crippen molar-refractivity contribution in [2.24, 2.45) is 0 Å². The normalized spacial score (nSPS) is 20.8. The summed E-state index contributed by atoms with van der Waals surface area (Å²) < 4.78 is 32.6.